The Kier molecular flexibility index (Phi) is 2.99. The summed E-state index contributed by atoms with van der Waals surface area (Å²) in [6.45, 7) is 3.43. The van der Waals surface area contributed by atoms with Crippen LogP contribution in [0.1, 0.15) is 31.7 Å². The van der Waals surface area contributed by atoms with Gasteiger partial charge in [0.1, 0.15) is 0 Å². The van der Waals surface area contributed by atoms with E-state index in [1.807, 2.05) is 0 Å². The molecule has 1 saturated carbocycles. The Morgan fingerprint density at radius 2 is 2.11 bits per heavy atom. The van der Waals surface area contributed by atoms with Crippen molar-refractivity contribution in [3.05, 3.63) is 29.8 Å². The lowest BCUT2D eigenvalue weighted by molar-refractivity contribution is 0.454. The average Bonchev–Trinajstić information content (AvgIpc) is 2.85. The van der Waals surface area contributed by atoms with Gasteiger partial charge in [0.25, 0.3) is 0 Å². The maximum atomic E-state index is 9.30. The lowest BCUT2D eigenvalue weighted by Gasteiger charge is -2.40. The molecular weight excluding hydrogens is 220 g/mol. The number of rotatable bonds is 1. The van der Waals surface area contributed by atoms with Crippen molar-refractivity contribution in [2.24, 2.45) is 11.8 Å². The molecule has 1 fully saturated rings. The second-order valence-corrected chi connectivity index (χ2v) is 5.82. The van der Waals surface area contributed by atoms with Crippen molar-refractivity contribution >= 4 is 5.69 Å². The molecule has 0 radical (unpaired) electrons. The van der Waals surface area contributed by atoms with Crippen molar-refractivity contribution in [3.8, 4) is 6.07 Å². The molecule has 3 unspecified atom stereocenters. The highest BCUT2D eigenvalue weighted by Gasteiger charge is 2.35. The fourth-order valence-electron chi connectivity index (χ4n) is 3.62. The Balaban J connectivity index is 1.95. The number of benzene rings is 1. The van der Waals surface area contributed by atoms with Gasteiger partial charge in [-0.2, -0.15) is 5.26 Å². The van der Waals surface area contributed by atoms with E-state index < -0.39 is 0 Å². The predicted octanol–water partition coefficient (Wildman–Crippen LogP) is 3.38. The molecule has 18 heavy (non-hydrogen) atoms. The maximum Gasteiger partial charge on any atom is 0.0677 e. The van der Waals surface area contributed by atoms with E-state index in [1.54, 1.807) is 0 Å². The van der Waals surface area contributed by atoms with Crippen molar-refractivity contribution < 1.29 is 0 Å². The van der Waals surface area contributed by atoms with Crippen LogP contribution in [0.25, 0.3) is 0 Å². The first kappa shape index (κ1) is 11.6. The minimum atomic E-state index is 0.225. The molecule has 0 N–H and O–H groups in total. The standard InChI is InChI=1S/C16H20N2/c1-12-9-13-5-2-3-7-15(13)18(11-12)16-8-4-6-14(16)10-17/h2-3,5,7,12,14,16H,4,6,8-9,11H2,1H3. The van der Waals surface area contributed by atoms with Gasteiger partial charge in [0.05, 0.1) is 12.0 Å². The molecule has 1 aliphatic carbocycles. The van der Waals surface area contributed by atoms with E-state index >= 15 is 0 Å². The third-order valence-corrected chi connectivity index (χ3v) is 4.42. The van der Waals surface area contributed by atoms with Gasteiger partial charge >= 0.3 is 0 Å². The molecule has 0 spiro atoms. The highest BCUT2D eigenvalue weighted by Crippen LogP contribution is 2.37. The van der Waals surface area contributed by atoms with Crippen molar-refractivity contribution in [1.82, 2.24) is 0 Å². The molecule has 0 saturated heterocycles. The first-order chi connectivity index (χ1) is 8.79. The molecule has 1 aromatic rings. The molecule has 3 atom stereocenters. The highest BCUT2D eigenvalue weighted by atomic mass is 15.2. The zero-order chi connectivity index (χ0) is 12.5. The Hall–Kier alpha value is -1.49. The number of anilines is 1. The summed E-state index contributed by atoms with van der Waals surface area (Å²) in [7, 11) is 0. The normalized spacial score (nSPS) is 30.9. The minimum absolute atomic E-state index is 0.225. The second-order valence-electron chi connectivity index (χ2n) is 5.82. The largest absolute Gasteiger partial charge is 0.367 e. The fraction of sp³-hybridized carbons (Fsp3) is 0.562. The van der Waals surface area contributed by atoms with Gasteiger partial charge in [0, 0.05) is 18.3 Å². The highest BCUT2D eigenvalue weighted by molar-refractivity contribution is 5.57. The Bertz CT molecular complexity index is 474. The van der Waals surface area contributed by atoms with Crippen LogP contribution in [0.15, 0.2) is 24.3 Å². The Morgan fingerprint density at radius 3 is 2.94 bits per heavy atom. The number of nitrogens with zero attached hydrogens (tertiary/aromatic N) is 2. The van der Waals surface area contributed by atoms with E-state index in [0.717, 1.165) is 13.0 Å². The van der Waals surface area contributed by atoms with Crippen LogP contribution in [0.4, 0.5) is 5.69 Å². The summed E-state index contributed by atoms with van der Waals surface area (Å²) in [4.78, 5) is 2.52. The molecule has 0 aromatic heterocycles. The quantitative estimate of drug-likeness (QED) is 0.752. The summed E-state index contributed by atoms with van der Waals surface area (Å²) in [6, 6.07) is 11.7. The van der Waals surface area contributed by atoms with E-state index in [2.05, 4.69) is 42.2 Å². The molecule has 0 amide bonds. The zero-order valence-electron chi connectivity index (χ0n) is 11.0. The summed E-state index contributed by atoms with van der Waals surface area (Å²) >= 11 is 0. The van der Waals surface area contributed by atoms with Crippen LogP contribution in [0.3, 0.4) is 0 Å². The van der Waals surface area contributed by atoms with Gasteiger partial charge < -0.3 is 4.90 Å². The smallest absolute Gasteiger partial charge is 0.0677 e. The summed E-state index contributed by atoms with van der Waals surface area (Å²) in [5.41, 5.74) is 2.84. The van der Waals surface area contributed by atoms with Crippen LogP contribution < -0.4 is 4.90 Å². The molecule has 1 aromatic carbocycles. The molecule has 3 rings (SSSR count). The third-order valence-electron chi connectivity index (χ3n) is 4.42. The molecule has 2 aliphatic rings. The van der Waals surface area contributed by atoms with E-state index in [0.29, 0.717) is 12.0 Å². The number of para-hydroxylation sites is 1. The second kappa shape index (κ2) is 4.65. The Labute approximate surface area is 109 Å². The van der Waals surface area contributed by atoms with Gasteiger partial charge in [-0.1, -0.05) is 25.1 Å². The average molecular weight is 240 g/mol. The molecule has 0 bridgehead atoms. The first-order valence-electron chi connectivity index (χ1n) is 7.03. The van der Waals surface area contributed by atoms with Gasteiger partial charge in [-0.05, 0) is 43.2 Å². The molecule has 1 aliphatic heterocycles. The minimum Gasteiger partial charge on any atom is -0.367 e. The van der Waals surface area contributed by atoms with E-state index in [-0.39, 0.29) is 5.92 Å². The SMILES string of the molecule is CC1Cc2ccccc2N(C2CCCC2C#N)C1. The summed E-state index contributed by atoms with van der Waals surface area (Å²) < 4.78 is 0. The van der Waals surface area contributed by atoms with Gasteiger partial charge in [-0.25, -0.2) is 0 Å². The monoisotopic (exact) mass is 240 g/mol. The number of hydrogen-bond acceptors (Lipinski definition) is 2. The van der Waals surface area contributed by atoms with E-state index in [4.69, 9.17) is 0 Å². The zero-order valence-corrected chi connectivity index (χ0v) is 11.0. The fourth-order valence-corrected chi connectivity index (χ4v) is 3.62. The van der Waals surface area contributed by atoms with Gasteiger partial charge in [-0.15, -0.1) is 0 Å². The first-order valence-corrected chi connectivity index (χ1v) is 7.03. The van der Waals surface area contributed by atoms with Gasteiger partial charge in [-0.3, -0.25) is 0 Å². The van der Waals surface area contributed by atoms with Crippen molar-refractivity contribution in [3.63, 3.8) is 0 Å². The van der Waals surface area contributed by atoms with Gasteiger partial charge in [0.15, 0.2) is 0 Å². The molecule has 2 heteroatoms. The van der Waals surface area contributed by atoms with Crippen LogP contribution in [-0.2, 0) is 6.42 Å². The molecule has 2 nitrogen and oxygen atoms in total. The molecule has 94 valence electrons. The number of nitriles is 1. The van der Waals surface area contributed by atoms with Crippen LogP contribution in [-0.4, -0.2) is 12.6 Å². The van der Waals surface area contributed by atoms with Crippen molar-refractivity contribution in [2.75, 3.05) is 11.4 Å². The topological polar surface area (TPSA) is 27.0 Å². The van der Waals surface area contributed by atoms with Gasteiger partial charge in [0.2, 0.25) is 0 Å². The van der Waals surface area contributed by atoms with Crippen molar-refractivity contribution in [1.29, 1.82) is 5.26 Å². The molecular formula is C16H20N2. The van der Waals surface area contributed by atoms with Crippen molar-refractivity contribution in [2.45, 2.75) is 38.6 Å². The van der Waals surface area contributed by atoms with Crippen LogP contribution in [0.2, 0.25) is 0 Å². The maximum absolute atomic E-state index is 9.30. The molecule has 1 heterocycles. The lowest BCUT2D eigenvalue weighted by atomic mass is 9.91. The number of hydrogen-bond donors (Lipinski definition) is 0. The van der Waals surface area contributed by atoms with Crippen LogP contribution in [0.5, 0.6) is 0 Å². The van der Waals surface area contributed by atoms with Crippen LogP contribution in [0, 0.1) is 23.2 Å². The van der Waals surface area contributed by atoms with E-state index in [1.165, 1.54) is 30.5 Å². The summed E-state index contributed by atoms with van der Waals surface area (Å²) in [6.07, 6.45) is 4.64. The summed E-state index contributed by atoms with van der Waals surface area (Å²) in [5.74, 6) is 0.920. The Morgan fingerprint density at radius 1 is 1.28 bits per heavy atom. The lowest BCUT2D eigenvalue weighted by Crippen LogP contribution is -2.43. The predicted molar refractivity (Wildman–Crippen MR) is 73.4 cm³/mol. The number of fused-ring (bicyclic) bond motifs is 1. The third kappa shape index (κ3) is 1.88. The summed E-state index contributed by atoms with van der Waals surface area (Å²) in [5, 5.41) is 9.30. The van der Waals surface area contributed by atoms with E-state index in [9.17, 15) is 5.26 Å². The van der Waals surface area contributed by atoms with Crippen LogP contribution >= 0.6 is 0 Å².